The van der Waals surface area contributed by atoms with Gasteiger partial charge in [-0.15, -0.1) is 0 Å². The van der Waals surface area contributed by atoms with Crippen molar-refractivity contribution in [2.75, 3.05) is 20.3 Å². The molecule has 2 heterocycles. The molecule has 0 saturated carbocycles. The molecule has 4 N–H and O–H groups in total. The third-order valence-corrected chi connectivity index (χ3v) is 6.38. The summed E-state index contributed by atoms with van der Waals surface area (Å²) in [6.07, 6.45) is 5.47. The van der Waals surface area contributed by atoms with Crippen molar-refractivity contribution in [1.29, 1.82) is 0 Å². The number of hydrogen-bond donors (Lipinski definition) is 3. The number of fused-ring (bicyclic) bond motifs is 1. The lowest BCUT2D eigenvalue weighted by Gasteiger charge is -2.33. The average Bonchev–Trinajstić information content (AvgIpc) is 2.88. The van der Waals surface area contributed by atoms with Crippen LogP contribution >= 0.6 is 0 Å². The standard InChI is InChI=1S/C27H31F2N3O3/c1-34-27-19(13-22-18(15-33)4-2-6-25(22)32-27)14-24(30)26-10-8-21(16-35-26)31-11-3-5-17-12-20(28)7-9-23(17)29/h2-7,9,12-13,21,24,26,31,33H,8,10-11,14-16,30H2,1H3/b5-3+/t21-,24-,26+/m1/s1. The van der Waals surface area contributed by atoms with Gasteiger partial charge < -0.3 is 25.6 Å². The first-order chi connectivity index (χ1) is 17.0. The van der Waals surface area contributed by atoms with Gasteiger partial charge in [-0.3, -0.25) is 0 Å². The molecule has 1 aromatic heterocycles. The highest BCUT2D eigenvalue weighted by atomic mass is 19.1. The molecule has 1 saturated heterocycles. The Morgan fingerprint density at radius 1 is 1.23 bits per heavy atom. The molecule has 3 atom stereocenters. The van der Waals surface area contributed by atoms with Crippen LogP contribution in [0, 0.1) is 11.6 Å². The molecule has 4 rings (SSSR count). The van der Waals surface area contributed by atoms with Gasteiger partial charge in [0.1, 0.15) is 11.6 Å². The summed E-state index contributed by atoms with van der Waals surface area (Å²) in [4.78, 5) is 4.60. The molecule has 0 radical (unpaired) electrons. The summed E-state index contributed by atoms with van der Waals surface area (Å²) in [7, 11) is 1.59. The number of nitrogens with two attached hydrogens (primary N) is 1. The van der Waals surface area contributed by atoms with Crippen LogP contribution in [0.3, 0.4) is 0 Å². The number of halogens is 2. The van der Waals surface area contributed by atoms with Crippen LogP contribution < -0.4 is 15.8 Å². The van der Waals surface area contributed by atoms with Gasteiger partial charge in [0.15, 0.2) is 0 Å². The molecule has 1 fully saturated rings. The van der Waals surface area contributed by atoms with E-state index >= 15 is 0 Å². The fourth-order valence-electron chi connectivity index (χ4n) is 4.46. The van der Waals surface area contributed by atoms with Crippen LogP contribution in [-0.2, 0) is 17.8 Å². The molecular formula is C27H31F2N3O3. The normalized spacial score (nSPS) is 19.3. The van der Waals surface area contributed by atoms with Gasteiger partial charge in [0.05, 0.1) is 31.9 Å². The molecular weight excluding hydrogens is 452 g/mol. The van der Waals surface area contributed by atoms with Gasteiger partial charge in [0.25, 0.3) is 0 Å². The van der Waals surface area contributed by atoms with E-state index in [9.17, 15) is 13.9 Å². The number of ether oxygens (including phenoxy) is 2. The van der Waals surface area contributed by atoms with Gasteiger partial charge in [-0.25, -0.2) is 13.8 Å². The summed E-state index contributed by atoms with van der Waals surface area (Å²) in [5.74, 6) is -0.390. The Bertz CT molecular complexity index is 1180. The Morgan fingerprint density at radius 2 is 2.09 bits per heavy atom. The first kappa shape index (κ1) is 25.2. The van der Waals surface area contributed by atoms with E-state index in [-0.39, 0.29) is 30.4 Å². The third kappa shape index (κ3) is 6.21. The molecule has 0 spiro atoms. The number of aliphatic hydroxyl groups excluding tert-OH is 1. The van der Waals surface area contributed by atoms with Gasteiger partial charge in [-0.1, -0.05) is 24.3 Å². The number of aromatic nitrogens is 1. The van der Waals surface area contributed by atoms with Crippen LogP contribution in [0.5, 0.6) is 5.88 Å². The van der Waals surface area contributed by atoms with Crippen LogP contribution in [0.4, 0.5) is 8.78 Å². The van der Waals surface area contributed by atoms with Crippen molar-refractivity contribution < 1.29 is 23.4 Å². The van der Waals surface area contributed by atoms with Crippen molar-refractivity contribution in [3.8, 4) is 5.88 Å². The van der Waals surface area contributed by atoms with Gasteiger partial charge in [-0.2, -0.15) is 0 Å². The van der Waals surface area contributed by atoms with E-state index in [2.05, 4.69) is 10.3 Å². The largest absolute Gasteiger partial charge is 0.481 e. The number of pyridine rings is 1. The Labute approximate surface area is 203 Å². The Kier molecular flexibility index (Phi) is 8.41. The van der Waals surface area contributed by atoms with Gasteiger partial charge in [-0.05, 0) is 55.2 Å². The van der Waals surface area contributed by atoms with Crippen LogP contribution in [0.25, 0.3) is 17.0 Å². The van der Waals surface area contributed by atoms with E-state index in [1.807, 2.05) is 24.3 Å². The zero-order valence-electron chi connectivity index (χ0n) is 19.7. The monoisotopic (exact) mass is 483 g/mol. The van der Waals surface area contributed by atoms with E-state index in [1.165, 1.54) is 6.07 Å². The second-order valence-electron chi connectivity index (χ2n) is 8.79. The molecule has 35 heavy (non-hydrogen) atoms. The fraction of sp³-hybridized carbons (Fsp3) is 0.370. The minimum absolute atomic E-state index is 0.0661. The highest BCUT2D eigenvalue weighted by molar-refractivity contribution is 5.83. The topological polar surface area (TPSA) is 89.6 Å². The van der Waals surface area contributed by atoms with Crippen molar-refractivity contribution in [2.24, 2.45) is 5.73 Å². The molecule has 8 heteroatoms. The molecule has 186 valence electrons. The molecule has 6 nitrogen and oxygen atoms in total. The van der Waals surface area contributed by atoms with Crippen molar-refractivity contribution in [1.82, 2.24) is 10.3 Å². The van der Waals surface area contributed by atoms with Gasteiger partial charge in [0, 0.05) is 35.1 Å². The number of nitrogens with zero attached hydrogens (tertiary/aromatic N) is 1. The molecule has 0 unspecified atom stereocenters. The second-order valence-corrected chi connectivity index (χ2v) is 8.79. The number of benzene rings is 2. The highest BCUT2D eigenvalue weighted by Crippen LogP contribution is 2.27. The first-order valence-corrected chi connectivity index (χ1v) is 11.8. The third-order valence-electron chi connectivity index (χ3n) is 6.38. The van der Waals surface area contributed by atoms with Gasteiger partial charge >= 0.3 is 0 Å². The lowest BCUT2D eigenvalue weighted by molar-refractivity contribution is -0.0157. The van der Waals surface area contributed by atoms with Crippen molar-refractivity contribution in [2.45, 2.75) is 44.1 Å². The van der Waals surface area contributed by atoms with Crippen molar-refractivity contribution in [3.63, 3.8) is 0 Å². The quantitative estimate of drug-likeness (QED) is 0.430. The van der Waals surface area contributed by atoms with E-state index < -0.39 is 11.6 Å². The minimum atomic E-state index is -0.465. The van der Waals surface area contributed by atoms with Crippen LogP contribution in [0.15, 0.2) is 48.5 Å². The summed E-state index contributed by atoms with van der Waals surface area (Å²) in [6, 6.07) is 10.9. The minimum Gasteiger partial charge on any atom is -0.481 e. The number of nitrogens with one attached hydrogen (secondary N) is 1. The molecule has 3 aromatic rings. The van der Waals surface area contributed by atoms with Gasteiger partial charge in [0.2, 0.25) is 5.88 Å². The predicted molar refractivity (Wildman–Crippen MR) is 132 cm³/mol. The van der Waals surface area contributed by atoms with E-state index in [1.54, 1.807) is 19.3 Å². The summed E-state index contributed by atoms with van der Waals surface area (Å²) in [5.41, 5.74) is 9.20. The van der Waals surface area contributed by atoms with E-state index in [0.29, 0.717) is 25.5 Å². The summed E-state index contributed by atoms with van der Waals surface area (Å²) in [6.45, 7) is 0.972. The maximum Gasteiger partial charge on any atom is 0.216 e. The molecule has 0 aliphatic carbocycles. The maximum atomic E-state index is 13.7. The van der Waals surface area contributed by atoms with Crippen molar-refractivity contribution in [3.05, 3.63) is 76.9 Å². The molecule has 0 bridgehead atoms. The number of aliphatic hydroxyl groups is 1. The second kappa shape index (κ2) is 11.7. The maximum absolute atomic E-state index is 13.7. The Morgan fingerprint density at radius 3 is 2.83 bits per heavy atom. The summed E-state index contributed by atoms with van der Waals surface area (Å²) in [5, 5.41) is 13.9. The average molecular weight is 484 g/mol. The van der Waals surface area contributed by atoms with Crippen molar-refractivity contribution >= 4 is 17.0 Å². The van der Waals surface area contributed by atoms with Crippen LogP contribution in [0.1, 0.15) is 29.5 Å². The molecule has 1 aliphatic rings. The van der Waals surface area contributed by atoms with E-state index in [4.69, 9.17) is 15.2 Å². The zero-order valence-corrected chi connectivity index (χ0v) is 19.7. The number of methoxy groups -OCH3 is 1. The summed E-state index contributed by atoms with van der Waals surface area (Å²) >= 11 is 0. The fourth-order valence-corrected chi connectivity index (χ4v) is 4.46. The molecule has 0 amide bonds. The Hall–Kier alpha value is -2.91. The SMILES string of the molecule is COc1nc2cccc(CO)c2cc1C[C@@H](N)[C@@H]1CC[C@@H](NC/C=C/c2cc(F)ccc2F)CO1. The molecule has 2 aromatic carbocycles. The van der Waals surface area contributed by atoms with E-state index in [0.717, 1.165) is 47.0 Å². The smallest absolute Gasteiger partial charge is 0.216 e. The first-order valence-electron chi connectivity index (χ1n) is 11.8. The van der Waals surface area contributed by atoms with Crippen LogP contribution in [0.2, 0.25) is 0 Å². The molecule has 1 aliphatic heterocycles. The predicted octanol–water partition coefficient (Wildman–Crippen LogP) is 3.73. The number of rotatable bonds is 9. The van der Waals surface area contributed by atoms with Crippen LogP contribution in [-0.4, -0.2) is 48.5 Å². The highest BCUT2D eigenvalue weighted by Gasteiger charge is 2.27. The Balaban J connectivity index is 1.30. The zero-order chi connectivity index (χ0) is 24.8. The lowest BCUT2D eigenvalue weighted by atomic mass is 9.94. The summed E-state index contributed by atoms with van der Waals surface area (Å²) < 4.78 is 38.5. The number of hydrogen-bond acceptors (Lipinski definition) is 6. The lowest BCUT2D eigenvalue weighted by Crippen LogP contribution is -2.47.